The lowest BCUT2D eigenvalue weighted by Crippen LogP contribution is -1.98. The third-order valence-corrected chi connectivity index (χ3v) is 3.72. The van der Waals surface area contributed by atoms with Crippen LogP contribution >= 0.6 is 11.6 Å². The molecule has 0 saturated heterocycles. The molecule has 0 fully saturated rings. The van der Waals surface area contributed by atoms with Gasteiger partial charge in [-0.1, -0.05) is 55.3 Å². The summed E-state index contributed by atoms with van der Waals surface area (Å²) in [6, 6.07) is 13.2. The molecule has 0 amide bonds. The van der Waals surface area contributed by atoms with Crippen molar-refractivity contribution in [3.63, 3.8) is 0 Å². The number of halogens is 2. The van der Waals surface area contributed by atoms with Crippen LogP contribution in [0.5, 0.6) is 0 Å². The Balaban J connectivity index is 2.27. The van der Waals surface area contributed by atoms with Crippen molar-refractivity contribution in [2.75, 3.05) is 0 Å². The molecule has 0 aromatic heterocycles. The highest BCUT2D eigenvalue weighted by Crippen LogP contribution is 2.31. The maximum atomic E-state index is 13.8. The molecule has 0 aliphatic heterocycles. The Morgan fingerprint density at radius 2 is 1.79 bits per heavy atom. The first-order chi connectivity index (χ1) is 9.11. The van der Waals surface area contributed by atoms with Crippen molar-refractivity contribution in [3.05, 3.63) is 70.5 Å². The highest BCUT2D eigenvalue weighted by atomic mass is 35.5. The van der Waals surface area contributed by atoms with E-state index in [9.17, 15) is 4.39 Å². The summed E-state index contributed by atoms with van der Waals surface area (Å²) in [5.41, 5.74) is 3.79. The first-order valence-electron chi connectivity index (χ1n) is 6.60. The van der Waals surface area contributed by atoms with Crippen molar-refractivity contribution in [1.29, 1.82) is 0 Å². The van der Waals surface area contributed by atoms with E-state index in [-0.39, 0.29) is 5.82 Å². The van der Waals surface area contributed by atoms with E-state index in [1.54, 1.807) is 6.07 Å². The third-order valence-electron chi connectivity index (χ3n) is 3.24. The lowest BCUT2D eigenvalue weighted by molar-refractivity contribution is 0.612. The summed E-state index contributed by atoms with van der Waals surface area (Å²) in [7, 11) is 0. The van der Waals surface area contributed by atoms with Gasteiger partial charge in [0.15, 0.2) is 0 Å². The van der Waals surface area contributed by atoms with E-state index in [0.29, 0.717) is 5.56 Å². The molecule has 1 atom stereocenters. The van der Waals surface area contributed by atoms with Gasteiger partial charge in [-0.25, -0.2) is 4.39 Å². The van der Waals surface area contributed by atoms with Crippen LogP contribution in [-0.4, -0.2) is 0 Å². The molecule has 2 rings (SSSR count). The molecule has 0 N–H and O–H groups in total. The maximum Gasteiger partial charge on any atom is 0.128 e. The zero-order valence-corrected chi connectivity index (χ0v) is 12.0. The average Bonchev–Trinajstić information content (AvgIpc) is 2.42. The molecular weight excluding hydrogens is 259 g/mol. The number of alkyl halides is 1. The molecule has 0 saturated carbocycles. The van der Waals surface area contributed by atoms with Crippen LogP contribution < -0.4 is 0 Å². The van der Waals surface area contributed by atoms with Crippen molar-refractivity contribution < 1.29 is 4.39 Å². The second-order valence-corrected chi connectivity index (χ2v) is 5.32. The van der Waals surface area contributed by atoms with Crippen molar-refractivity contribution in [2.24, 2.45) is 0 Å². The van der Waals surface area contributed by atoms with Gasteiger partial charge in [-0.15, -0.1) is 11.6 Å². The van der Waals surface area contributed by atoms with Gasteiger partial charge < -0.3 is 0 Å². The molecule has 2 heteroatoms. The summed E-state index contributed by atoms with van der Waals surface area (Å²) in [5, 5.41) is -0.435. The van der Waals surface area contributed by atoms with Crippen molar-refractivity contribution in [3.8, 4) is 0 Å². The van der Waals surface area contributed by atoms with Crippen molar-refractivity contribution in [2.45, 2.75) is 32.1 Å². The Labute approximate surface area is 119 Å². The number of benzene rings is 2. The van der Waals surface area contributed by atoms with E-state index >= 15 is 0 Å². The smallest absolute Gasteiger partial charge is 0.128 e. The predicted molar refractivity (Wildman–Crippen MR) is 79.3 cm³/mol. The van der Waals surface area contributed by atoms with Gasteiger partial charge in [-0.3, -0.25) is 0 Å². The Morgan fingerprint density at radius 3 is 2.42 bits per heavy atom. The lowest BCUT2D eigenvalue weighted by Gasteiger charge is -2.13. The Kier molecular flexibility index (Phi) is 4.60. The fourth-order valence-corrected chi connectivity index (χ4v) is 2.49. The van der Waals surface area contributed by atoms with E-state index in [0.717, 1.165) is 24.0 Å². The van der Waals surface area contributed by atoms with E-state index in [4.69, 9.17) is 11.6 Å². The summed E-state index contributed by atoms with van der Waals surface area (Å²) in [6.45, 7) is 4.09. The minimum Gasteiger partial charge on any atom is -0.207 e. The van der Waals surface area contributed by atoms with Crippen LogP contribution in [0.2, 0.25) is 0 Å². The minimum absolute atomic E-state index is 0.247. The van der Waals surface area contributed by atoms with Crippen LogP contribution in [-0.2, 0) is 6.42 Å². The Hall–Kier alpha value is -1.34. The quantitative estimate of drug-likeness (QED) is 0.655. The van der Waals surface area contributed by atoms with E-state index in [1.807, 2.05) is 25.1 Å². The van der Waals surface area contributed by atoms with Crippen LogP contribution in [0.15, 0.2) is 42.5 Å². The van der Waals surface area contributed by atoms with Gasteiger partial charge in [0.05, 0.1) is 5.38 Å². The largest absolute Gasteiger partial charge is 0.207 e. The summed E-state index contributed by atoms with van der Waals surface area (Å²) in [5.74, 6) is -0.247. The first-order valence-corrected chi connectivity index (χ1v) is 7.04. The van der Waals surface area contributed by atoms with Gasteiger partial charge in [-0.05, 0) is 30.5 Å². The molecule has 0 radical (unpaired) electrons. The summed E-state index contributed by atoms with van der Waals surface area (Å²) >= 11 is 6.40. The van der Waals surface area contributed by atoms with Crippen LogP contribution in [0.3, 0.4) is 0 Å². The topological polar surface area (TPSA) is 0 Å². The fraction of sp³-hybridized carbons (Fsp3) is 0.294. The number of hydrogen-bond acceptors (Lipinski definition) is 0. The van der Waals surface area contributed by atoms with Crippen LogP contribution in [0.25, 0.3) is 0 Å². The van der Waals surface area contributed by atoms with Gasteiger partial charge in [0, 0.05) is 5.56 Å². The monoisotopic (exact) mass is 276 g/mol. The molecule has 0 nitrogen and oxygen atoms in total. The maximum absolute atomic E-state index is 13.8. The Bertz CT molecular complexity index is 546. The summed E-state index contributed by atoms with van der Waals surface area (Å²) in [6.07, 6.45) is 2.18. The Morgan fingerprint density at radius 1 is 1.11 bits per heavy atom. The molecule has 0 aliphatic carbocycles. The molecule has 1 unspecified atom stereocenters. The highest BCUT2D eigenvalue weighted by Gasteiger charge is 2.15. The first kappa shape index (κ1) is 14.1. The van der Waals surface area contributed by atoms with Gasteiger partial charge >= 0.3 is 0 Å². The molecular formula is C17H18ClF. The summed E-state index contributed by atoms with van der Waals surface area (Å²) in [4.78, 5) is 0. The van der Waals surface area contributed by atoms with E-state index in [1.165, 1.54) is 11.6 Å². The van der Waals surface area contributed by atoms with Gasteiger partial charge in [0.2, 0.25) is 0 Å². The molecule has 2 aromatic rings. The number of aryl methyl sites for hydroxylation is 2. The highest BCUT2D eigenvalue weighted by molar-refractivity contribution is 6.22. The fourth-order valence-electron chi connectivity index (χ4n) is 2.18. The van der Waals surface area contributed by atoms with E-state index in [2.05, 4.69) is 19.1 Å². The minimum atomic E-state index is -0.435. The van der Waals surface area contributed by atoms with Crippen molar-refractivity contribution >= 4 is 11.6 Å². The van der Waals surface area contributed by atoms with E-state index < -0.39 is 5.38 Å². The van der Waals surface area contributed by atoms with Crippen LogP contribution in [0.4, 0.5) is 4.39 Å². The molecule has 2 aromatic carbocycles. The summed E-state index contributed by atoms with van der Waals surface area (Å²) < 4.78 is 13.8. The van der Waals surface area contributed by atoms with Gasteiger partial charge in [-0.2, -0.15) is 0 Å². The van der Waals surface area contributed by atoms with Gasteiger partial charge in [0.1, 0.15) is 5.82 Å². The normalized spacial score (nSPS) is 12.4. The average molecular weight is 277 g/mol. The molecule has 0 bridgehead atoms. The molecule has 19 heavy (non-hydrogen) atoms. The SMILES string of the molecule is CCCc1ccc(C(Cl)c2cc(C)ccc2F)cc1. The van der Waals surface area contributed by atoms with Crippen LogP contribution in [0.1, 0.15) is 41.0 Å². The predicted octanol–water partition coefficient (Wildman–Crippen LogP) is 5.41. The molecule has 100 valence electrons. The van der Waals surface area contributed by atoms with Crippen LogP contribution in [0, 0.1) is 12.7 Å². The third kappa shape index (κ3) is 3.36. The standard InChI is InChI=1S/C17H18ClF/c1-3-4-13-6-8-14(9-7-13)17(18)15-11-12(2)5-10-16(15)19/h5-11,17H,3-4H2,1-2H3. The zero-order chi connectivity index (χ0) is 13.8. The second-order valence-electron chi connectivity index (χ2n) is 4.88. The molecule has 0 heterocycles. The zero-order valence-electron chi connectivity index (χ0n) is 11.3. The molecule has 0 spiro atoms. The lowest BCUT2D eigenvalue weighted by atomic mass is 10.00. The second kappa shape index (κ2) is 6.21. The number of hydrogen-bond donors (Lipinski definition) is 0. The van der Waals surface area contributed by atoms with Gasteiger partial charge in [0.25, 0.3) is 0 Å². The van der Waals surface area contributed by atoms with Crippen molar-refractivity contribution in [1.82, 2.24) is 0 Å². The molecule has 0 aliphatic rings. The number of rotatable bonds is 4.